The van der Waals surface area contributed by atoms with Crippen LogP contribution in [0.4, 0.5) is 4.79 Å². The maximum Gasteiger partial charge on any atom is 0.326 e. The average molecular weight is 271 g/mol. The van der Waals surface area contributed by atoms with E-state index in [1.807, 2.05) is 0 Å². The van der Waals surface area contributed by atoms with Crippen LogP contribution in [0.25, 0.3) is 0 Å². The van der Waals surface area contributed by atoms with Crippen molar-refractivity contribution < 1.29 is 19.5 Å². The van der Waals surface area contributed by atoms with Gasteiger partial charge < -0.3 is 21.5 Å². The Labute approximate surface area is 111 Å². The third-order valence-electron chi connectivity index (χ3n) is 3.20. The molecule has 5 N–H and O–H groups in total. The number of carbonyl (C=O) groups is 3. The molecule has 0 unspecified atom stereocenters. The first-order chi connectivity index (χ1) is 8.99. The molecular weight excluding hydrogens is 250 g/mol. The molecule has 0 aliphatic heterocycles. The summed E-state index contributed by atoms with van der Waals surface area (Å²) in [5.41, 5.74) is 4.94. The van der Waals surface area contributed by atoms with Crippen LogP contribution in [0.2, 0.25) is 0 Å². The van der Waals surface area contributed by atoms with Crippen LogP contribution in [0.1, 0.15) is 44.9 Å². The number of hydrogen-bond donors (Lipinski definition) is 4. The lowest BCUT2D eigenvalue weighted by Crippen LogP contribution is -2.50. The third-order valence-corrected chi connectivity index (χ3v) is 3.20. The maximum absolute atomic E-state index is 11.7. The van der Waals surface area contributed by atoms with Crippen molar-refractivity contribution in [1.29, 1.82) is 0 Å². The fraction of sp³-hybridized carbons (Fsp3) is 0.750. The van der Waals surface area contributed by atoms with E-state index < -0.39 is 30.4 Å². The summed E-state index contributed by atoms with van der Waals surface area (Å²) >= 11 is 0. The van der Waals surface area contributed by atoms with E-state index in [-0.39, 0.29) is 6.04 Å². The highest BCUT2D eigenvalue weighted by molar-refractivity contribution is 5.87. The molecule has 0 aromatic rings. The molecule has 1 rings (SSSR count). The van der Waals surface area contributed by atoms with Gasteiger partial charge in [0.15, 0.2) is 0 Å². The first-order valence-electron chi connectivity index (χ1n) is 6.57. The topological polar surface area (TPSA) is 122 Å². The van der Waals surface area contributed by atoms with Crippen molar-refractivity contribution in [3.05, 3.63) is 0 Å². The van der Waals surface area contributed by atoms with Crippen molar-refractivity contribution in [3.8, 4) is 0 Å². The molecule has 0 saturated heterocycles. The lowest BCUT2D eigenvalue weighted by molar-refractivity contribution is -0.140. The lowest BCUT2D eigenvalue weighted by Gasteiger charge is -2.19. The second-order valence-electron chi connectivity index (χ2n) is 4.87. The predicted octanol–water partition coefficient (Wildman–Crippen LogP) is 0.337. The van der Waals surface area contributed by atoms with Gasteiger partial charge >= 0.3 is 12.0 Å². The Morgan fingerprint density at radius 1 is 1.16 bits per heavy atom. The molecule has 7 nitrogen and oxygen atoms in total. The Morgan fingerprint density at radius 2 is 1.74 bits per heavy atom. The summed E-state index contributed by atoms with van der Waals surface area (Å²) in [6.07, 6.45) is 5.86. The van der Waals surface area contributed by atoms with Crippen molar-refractivity contribution in [2.45, 2.75) is 57.0 Å². The van der Waals surface area contributed by atoms with E-state index >= 15 is 0 Å². The van der Waals surface area contributed by atoms with Gasteiger partial charge in [-0.05, 0) is 12.8 Å². The van der Waals surface area contributed by atoms with Gasteiger partial charge in [0.25, 0.3) is 0 Å². The first kappa shape index (κ1) is 15.3. The monoisotopic (exact) mass is 271 g/mol. The summed E-state index contributed by atoms with van der Waals surface area (Å²) < 4.78 is 0. The Bertz CT molecular complexity index is 338. The second-order valence-corrected chi connectivity index (χ2v) is 4.87. The summed E-state index contributed by atoms with van der Waals surface area (Å²) in [4.78, 5) is 33.3. The van der Waals surface area contributed by atoms with Crippen LogP contribution in [-0.4, -0.2) is 35.1 Å². The number of amides is 3. The number of carboxylic acid groups (broad SMARTS) is 1. The van der Waals surface area contributed by atoms with Crippen molar-refractivity contribution in [2.24, 2.45) is 5.73 Å². The number of rotatable bonds is 5. The molecule has 19 heavy (non-hydrogen) atoms. The third kappa shape index (κ3) is 6.08. The molecular formula is C12H21N3O4. The van der Waals surface area contributed by atoms with E-state index in [0.717, 1.165) is 25.7 Å². The molecule has 108 valence electrons. The standard InChI is InChI=1S/C12H21N3O4/c13-10(16)7-9(11(17)18)15-12(19)14-8-5-3-1-2-4-6-8/h8-9H,1-7H2,(H2,13,16)(H,17,18)(H2,14,15,19)/t9-/m1/s1. The van der Waals surface area contributed by atoms with Crippen LogP contribution in [0.5, 0.6) is 0 Å². The molecule has 0 radical (unpaired) electrons. The van der Waals surface area contributed by atoms with Gasteiger partial charge in [-0.25, -0.2) is 9.59 Å². The van der Waals surface area contributed by atoms with Gasteiger partial charge in [0.05, 0.1) is 6.42 Å². The molecule has 1 saturated carbocycles. The number of urea groups is 1. The Kier molecular flexibility index (Phi) is 6.11. The van der Waals surface area contributed by atoms with Crippen LogP contribution in [0, 0.1) is 0 Å². The van der Waals surface area contributed by atoms with Crippen LogP contribution in [0.3, 0.4) is 0 Å². The lowest BCUT2D eigenvalue weighted by atomic mass is 10.1. The zero-order chi connectivity index (χ0) is 14.3. The zero-order valence-corrected chi connectivity index (χ0v) is 10.9. The first-order valence-corrected chi connectivity index (χ1v) is 6.57. The molecule has 0 heterocycles. The molecule has 0 spiro atoms. The highest BCUT2D eigenvalue weighted by Crippen LogP contribution is 2.17. The number of nitrogens with one attached hydrogen (secondary N) is 2. The molecule has 7 heteroatoms. The molecule has 1 aliphatic rings. The largest absolute Gasteiger partial charge is 0.480 e. The number of primary amides is 1. The highest BCUT2D eigenvalue weighted by atomic mass is 16.4. The molecule has 0 bridgehead atoms. The van der Waals surface area contributed by atoms with Crippen LogP contribution >= 0.6 is 0 Å². The smallest absolute Gasteiger partial charge is 0.326 e. The normalized spacial score (nSPS) is 18.1. The van der Waals surface area contributed by atoms with E-state index in [1.165, 1.54) is 12.8 Å². The predicted molar refractivity (Wildman–Crippen MR) is 68.4 cm³/mol. The minimum absolute atomic E-state index is 0.0746. The quantitative estimate of drug-likeness (QED) is 0.538. The van der Waals surface area contributed by atoms with Crippen molar-refractivity contribution in [1.82, 2.24) is 10.6 Å². The number of aliphatic carboxylic acids is 1. The fourth-order valence-electron chi connectivity index (χ4n) is 2.21. The van der Waals surface area contributed by atoms with Crippen molar-refractivity contribution in [2.75, 3.05) is 0 Å². The van der Waals surface area contributed by atoms with Gasteiger partial charge in [0.2, 0.25) is 5.91 Å². The SMILES string of the molecule is NC(=O)C[C@@H](NC(=O)NC1CCCCCC1)C(=O)O. The second kappa shape index (κ2) is 7.60. The van der Waals surface area contributed by atoms with E-state index in [9.17, 15) is 14.4 Å². The molecule has 1 aliphatic carbocycles. The Balaban J connectivity index is 2.42. The summed E-state index contributed by atoms with van der Waals surface area (Å²) in [7, 11) is 0. The van der Waals surface area contributed by atoms with E-state index in [1.54, 1.807) is 0 Å². The van der Waals surface area contributed by atoms with Gasteiger partial charge in [-0.1, -0.05) is 25.7 Å². The van der Waals surface area contributed by atoms with Gasteiger partial charge in [-0.2, -0.15) is 0 Å². The van der Waals surface area contributed by atoms with Crippen molar-refractivity contribution >= 4 is 17.9 Å². The van der Waals surface area contributed by atoms with Gasteiger partial charge in [-0.3, -0.25) is 4.79 Å². The van der Waals surface area contributed by atoms with Crippen LogP contribution < -0.4 is 16.4 Å². The average Bonchev–Trinajstić information content (AvgIpc) is 2.56. The number of hydrogen-bond acceptors (Lipinski definition) is 3. The van der Waals surface area contributed by atoms with Crippen LogP contribution in [-0.2, 0) is 9.59 Å². The summed E-state index contributed by atoms with van der Waals surface area (Å²) in [6.45, 7) is 0. The van der Waals surface area contributed by atoms with E-state index in [2.05, 4.69) is 10.6 Å². The number of carboxylic acids is 1. The highest BCUT2D eigenvalue weighted by Gasteiger charge is 2.23. The van der Waals surface area contributed by atoms with Crippen molar-refractivity contribution in [3.63, 3.8) is 0 Å². The molecule has 1 fully saturated rings. The minimum atomic E-state index is -1.27. The Morgan fingerprint density at radius 3 is 2.21 bits per heavy atom. The molecule has 0 aromatic carbocycles. The molecule has 3 amide bonds. The zero-order valence-electron chi connectivity index (χ0n) is 10.9. The summed E-state index contributed by atoms with van der Waals surface area (Å²) in [6, 6.07) is -1.76. The van der Waals surface area contributed by atoms with Gasteiger partial charge in [-0.15, -0.1) is 0 Å². The summed E-state index contributed by atoms with van der Waals surface area (Å²) in [5.74, 6) is -2.03. The van der Waals surface area contributed by atoms with Gasteiger partial charge in [0, 0.05) is 6.04 Å². The minimum Gasteiger partial charge on any atom is -0.480 e. The van der Waals surface area contributed by atoms with E-state index in [4.69, 9.17) is 10.8 Å². The van der Waals surface area contributed by atoms with E-state index in [0.29, 0.717) is 0 Å². The Hall–Kier alpha value is -1.79. The van der Waals surface area contributed by atoms with Gasteiger partial charge in [0.1, 0.15) is 6.04 Å². The fourth-order valence-corrected chi connectivity index (χ4v) is 2.21. The number of nitrogens with two attached hydrogens (primary N) is 1. The van der Waals surface area contributed by atoms with Crippen LogP contribution in [0.15, 0.2) is 0 Å². The molecule has 0 aromatic heterocycles. The summed E-state index contributed by atoms with van der Waals surface area (Å²) in [5, 5.41) is 13.9. The maximum atomic E-state index is 11.7. The molecule has 1 atom stereocenters. The number of carbonyl (C=O) groups excluding carboxylic acids is 2.